The van der Waals surface area contributed by atoms with E-state index < -0.39 is 5.76 Å². The Balaban J connectivity index is 2.58. The largest absolute Gasteiger partial charge is 0.439 e. The molecule has 2 aromatic rings. The van der Waals surface area contributed by atoms with Gasteiger partial charge >= 0.3 is 5.76 Å². The summed E-state index contributed by atoms with van der Waals surface area (Å²) in [5.41, 5.74) is 0.737. The van der Waals surface area contributed by atoms with E-state index in [1.807, 2.05) is 0 Å². The minimum absolute atomic E-state index is 0.388. The molecule has 0 saturated carbocycles. The van der Waals surface area contributed by atoms with Crippen LogP contribution in [0.4, 0.5) is 0 Å². The molecule has 0 aliphatic carbocycles. The van der Waals surface area contributed by atoms with Crippen LogP contribution in [0.3, 0.4) is 0 Å². The maximum atomic E-state index is 10.7. The zero-order valence-corrected chi connectivity index (χ0v) is 7.91. The number of hydrogen-bond donors (Lipinski definition) is 1. The number of aromatic nitrogens is 3. The van der Waals surface area contributed by atoms with Crippen LogP contribution in [0, 0.1) is 0 Å². The van der Waals surface area contributed by atoms with E-state index in [-0.39, 0.29) is 0 Å². The van der Waals surface area contributed by atoms with Gasteiger partial charge in [0, 0.05) is 22.4 Å². The van der Waals surface area contributed by atoms with E-state index in [1.165, 1.54) is 0 Å². The van der Waals surface area contributed by atoms with Gasteiger partial charge in [0.2, 0.25) is 0 Å². The van der Waals surface area contributed by atoms with E-state index >= 15 is 0 Å². The molecular weight excluding hydrogens is 238 g/mol. The molecule has 0 unspecified atom stereocenters. The molecule has 0 aliphatic heterocycles. The highest BCUT2D eigenvalue weighted by Crippen LogP contribution is 2.22. The fraction of sp³-hybridized carbons (Fsp3) is 0. The predicted octanol–water partition coefficient (Wildman–Crippen LogP) is 1.19. The van der Waals surface area contributed by atoms with Gasteiger partial charge in [-0.2, -0.15) is 0 Å². The Kier molecular flexibility index (Phi) is 1.97. The summed E-state index contributed by atoms with van der Waals surface area (Å²) < 4.78 is 5.12. The van der Waals surface area contributed by atoms with E-state index in [0.29, 0.717) is 5.82 Å². The lowest BCUT2D eigenvalue weighted by molar-refractivity contribution is 0.388. The Hall–Kier alpha value is -1.43. The van der Waals surface area contributed by atoms with Crippen molar-refractivity contribution in [3.05, 3.63) is 33.5 Å². The van der Waals surface area contributed by atoms with Crippen LogP contribution >= 0.6 is 15.9 Å². The summed E-state index contributed by atoms with van der Waals surface area (Å²) in [5, 5.41) is 3.55. The highest BCUT2D eigenvalue weighted by Gasteiger charge is 2.06. The van der Waals surface area contributed by atoms with Crippen LogP contribution in [-0.2, 0) is 0 Å². The minimum Gasteiger partial charge on any atom is -0.296 e. The number of H-pyrrole nitrogens is 1. The average Bonchev–Trinajstić information content (AvgIpc) is 2.53. The summed E-state index contributed by atoms with van der Waals surface area (Å²) >= 11 is 3.28. The zero-order chi connectivity index (χ0) is 9.26. The lowest BCUT2D eigenvalue weighted by Gasteiger charge is -1.95. The van der Waals surface area contributed by atoms with Crippen molar-refractivity contribution in [1.82, 2.24) is 15.1 Å². The molecule has 0 amide bonds. The summed E-state index contributed by atoms with van der Waals surface area (Å²) in [5.74, 6) is -0.182. The van der Waals surface area contributed by atoms with E-state index in [9.17, 15) is 4.79 Å². The fourth-order valence-corrected chi connectivity index (χ4v) is 1.35. The molecule has 5 nitrogen and oxygen atoms in total. The number of rotatable bonds is 1. The Morgan fingerprint density at radius 1 is 1.54 bits per heavy atom. The van der Waals surface area contributed by atoms with Crippen molar-refractivity contribution in [2.75, 3.05) is 0 Å². The molecule has 0 saturated heterocycles. The fourth-order valence-electron chi connectivity index (χ4n) is 0.913. The van der Waals surface area contributed by atoms with E-state index in [1.54, 1.807) is 18.5 Å². The van der Waals surface area contributed by atoms with Gasteiger partial charge in [0.15, 0.2) is 5.82 Å². The molecule has 0 radical (unpaired) electrons. The second-order valence-corrected chi connectivity index (χ2v) is 3.15. The molecule has 6 heteroatoms. The quantitative estimate of drug-likeness (QED) is 0.815. The Morgan fingerprint density at radius 3 is 3.00 bits per heavy atom. The Bertz CT molecular complexity index is 476. The molecular formula is C7H4BrN3O2. The predicted molar refractivity (Wildman–Crippen MR) is 48.1 cm³/mol. The van der Waals surface area contributed by atoms with Crippen molar-refractivity contribution >= 4 is 15.9 Å². The van der Waals surface area contributed by atoms with Gasteiger partial charge in [-0.1, -0.05) is 5.16 Å². The molecule has 66 valence electrons. The molecule has 0 bridgehead atoms. The van der Waals surface area contributed by atoms with Crippen molar-refractivity contribution < 1.29 is 4.52 Å². The lowest BCUT2D eigenvalue weighted by Crippen LogP contribution is -1.95. The molecule has 1 N–H and O–H groups in total. The normalized spacial score (nSPS) is 10.2. The number of nitrogens with zero attached hydrogens (tertiary/aromatic N) is 2. The molecule has 13 heavy (non-hydrogen) atoms. The topological polar surface area (TPSA) is 71.8 Å². The molecule has 2 heterocycles. The van der Waals surface area contributed by atoms with E-state index in [0.717, 1.165) is 10.0 Å². The highest BCUT2D eigenvalue weighted by atomic mass is 79.9. The van der Waals surface area contributed by atoms with Gasteiger partial charge in [-0.3, -0.25) is 14.5 Å². The van der Waals surface area contributed by atoms with Gasteiger partial charge in [0.25, 0.3) is 0 Å². The standard InChI is InChI=1S/C7H4BrN3O2/c8-5-3-9-2-1-4(5)6-10-7(12)13-11-6/h1-3H,(H,10,11,12). The SMILES string of the molecule is O=c1[nH]c(-c2ccncc2Br)no1. The number of aromatic amines is 1. The van der Waals surface area contributed by atoms with Crippen molar-refractivity contribution in [3.8, 4) is 11.4 Å². The van der Waals surface area contributed by atoms with Crippen LogP contribution in [0.25, 0.3) is 11.4 Å². The minimum atomic E-state index is -0.571. The molecule has 2 rings (SSSR count). The molecule has 2 aromatic heterocycles. The number of nitrogens with one attached hydrogen (secondary N) is 1. The molecule has 0 atom stereocenters. The van der Waals surface area contributed by atoms with Gasteiger partial charge in [0.05, 0.1) is 0 Å². The van der Waals surface area contributed by atoms with E-state index in [4.69, 9.17) is 0 Å². The van der Waals surface area contributed by atoms with Crippen molar-refractivity contribution in [3.63, 3.8) is 0 Å². The molecule has 0 spiro atoms. The van der Waals surface area contributed by atoms with Crippen LogP contribution in [0.5, 0.6) is 0 Å². The van der Waals surface area contributed by atoms with Crippen molar-refractivity contribution in [2.45, 2.75) is 0 Å². The first kappa shape index (κ1) is 8.18. The molecule has 0 aromatic carbocycles. The van der Waals surface area contributed by atoms with Crippen LogP contribution in [0.1, 0.15) is 0 Å². The number of pyridine rings is 1. The first-order valence-corrected chi connectivity index (χ1v) is 4.22. The third-order valence-electron chi connectivity index (χ3n) is 1.47. The molecule has 0 fully saturated rings. The summed E-state index contributed by atoms with van der Waals surface area (Å²) in [6.45, 7) is 0. The van der Waals surface area contributed by atoms with Gasteiger partial charge in [-0.05, 0) is 22.0 Å². The number of halogens is 1. The van der Waals surface area contributed by atoms with Crippen molar-refractivity contribution in [1.29, 1.82) is 0 Å². The Morgan fingerprint density at radius 2 is 2.38 bits per heavy atom. The van der Waals surface area contributed by atoms with Gasteiger partial charge in [-0.15, -0.1) is 0 Å². The second-order valence-electron chi connectivity index (χ2n) is 2.30. The second kappa shape index (κ2) is 3.14. The summed E-state index contributed by atoms with van der Waals surface area (Å²) in [6, 6.07) is 1.72. The smallest absolute Gasteiger partial charge is 0.296 e. The van der Waals surface area contributed by atoms with Crippen molar-refractivity contribution in [2.24, 2.45) is 0 Å². The van der Waals surface area contributed by atoms with Crippen LogP contribution in [0.15, 0.2) is 32.3 Å². The Labute approximate surface area is 80.9 Å². The summed E-state index contributed by atoms with van der Waals surface area (Å²) in [4.78, 5) is 17.0. The van der Waals surface area contributed by atoms with Gasteiger partial charge in [-0.25, -0.2) is 4.79 Å². The first-order valence-electron chi connectivity index (χ1n) is 3.43. The van der Waals surface area contributed by atoms with E-state index in [2.05, 4.69) is 35.6 Å². The number of hydrogen-bond acceptors (Lipinski definition) is 4. The highest BCUT2D eigenvalue weighted by molar-refractivity contribution is 9.10. The average molecular weight is 242 g/mol. The maximum Gasteiger partial charge on any atom is 0.439 e. The first-order chi connectivity index (χ1) is 6.27. The van der Waals surface area contributed by atoms with Gasteiger partial charge in [0.1, 0.15) is 0 Å². The van der Waals surface area contributed by atoms with Gasteiger partial charge < -0.3 is 0 Å². The monoisotopic (exact) mass is 241 g/mol. The lowest BCUT2D eigenvalue weighted by atomic mass is 10.2. The summed E-state index contributed by atoms with van der Waals surface area (Å²) in [6.07, 6.45) is 3.22. The maximum absolute atomic E-state index is 10.7. The van der Waals surface area contributed by atoms with Crippen LogP contribution < -0.4 is 5.76 Å². The zero-order valence-electron chi connectivity index (χ0n) is 6.32. The van der Waals surface area contributed by atoms with Crippen LogP contribution in [-0.4, -0.2) is 15.1 Å². The third kappa shape index (κ3) is 1.52. The third-order valence-corrected chi connectivity index (χ3v) is 2.10. The summed E-state index contributed by atoms with van der Waals surface area (Å²) in [7, 11) is 0. The molecule has 0 aliphatic rings. The van der Waals surface area contributed by atoms with Crippen LogP contribution in [0.2, 0.25) is 0 Å².